The van der Waals surface area contributed by atoms with Crippen LogP contribution in [-0.4, -0.2) is 35.0 Å². The van der Waals surface area contributed by atoms with E-state index in [4.69, 9.17) is 5.73 Å². The van der Waals surface area contributed by atoms with Crippen molar-refractivity contribution in [1.82, 2.24) is 20.3 Å². The lowest BCUT2D eigenvalue weighted by Crippen LogP contribution is -2.17. The molecule has 3 aromatic heterocycles. The van der Waals surface area contributed by atoms with Crippen LogP contribution < -0.4 is 16.4 Å². The summed E-state index contributed by atoms with van der Waals surface area (Å²) in [4.78, 5) is 26.0. The maximum Gasteiger partial charge on any atom is 0.263 e. The summed E-state index contributed by atoms with van der Waals surface area (Å²) in [6.45, 7) is 0. The molecule has 0 saturated carbocycles. The molecule has 0 unspecified atom stereocenters. The minimum Gasteiger partial charge on any atom is -0.397 e. The first kappa shape index (κ1) is 14.2. The summed E-state index contributed by atoms with van der Waals surface area (Å²) in [5.41, 5.74) is 8.04. The zero-order valence-electron chi connectivity index (χ0n) is 12.0. The molecule has 112 valence electrons. The monoisotopic (exact) mass is 314 g/mol. The largest absolute Gasteiger partial charge is 0.397 e. The summed E-state index contributed by atoms with van der Waals surface area (Å²) >= 11 is 1.25. The van der Waals surface area contributed by atoms with E-state index in [9.17, 15) is 4.79 Å². The van der Waals surface area contributed by atoms with Crippen LogP contribution in [0.4, 0.5) is 11.6 Å². The topological polar surface area (TPSA) is 106 Å². The Labute approximate surface area is 130 Å². The van der Waals surface area contributed by atoms with Gasteiger partial charge in [-0.1, -0.05) is 0 Å². The molecule has 7 nitrogen and oxygen atoms in total. The average Bonchev–Trinajstić information content (AvgIpc) is 2.91. The number of amides is 1. The molecule has 0 atom stereocenters. The summed E-state index contributed by atoms with van der Waals surface area (Å²) in [6.07, 6.45) is 3.39. The Kier molecular flexibility index (Phi) is 3.60. The van der Waals surface area contributed by atoms with Crippen molar-refractivity contribution >= 4 is 39.1 Å². The summed E-state index contributed by atoms with van der Waals surface area (Å²) < 4.78 is 0. The maximum absolute atomic E-state index is 11.9. The molecule has 22 heavy (non-hydrogen) atoms. The molecule has 0 aliphatic rings. The van der Waals surface area contributed by atoms with Crippen molar-refractivity contribution in [2.24, 2.45) is 0 Å². The minimum atomic E-state index is -0.233. The van der Waals surface area contributed by atoms with Crippen molar-refractivity contribution in [3.8, 4) is 11.3 Å². The lowest BCUT2D eigenvalue weighted by atomic mass is 10.1. The number of pyridine rings is 1. The fourth-order valence-electron chi connectivity index (χ4n) is 2.13. The SMILES string of the molecule is CNC(=O)c1sc2nc(NC)nc(-c3cccnc3)c2c1N. The van der Waals surface area contributed by atoms with Gasteiger partial charge in [0, 0.05) is 32.1 Å². The number of hydrogen-bond acceptors (Lipinski definition) is 7. The maximum atomic E-state index is 11.9. The van der Waals surface area contributed by atoms with E-state index < -0.39 is 0 Å². The number of carbonyl (C=O) groups excluding carboxylic acids is 1. The molecule has 3 rings (SSSR count). The van der Waals surface area contributed by atoms with E-state index in [-0.39, 0.29) is 5.91 Å². The van der Waals surface area contributed by atoms with Crippen molar-refractivity contribution in [2.75, 3.05) is 25.1 Å². The Hall–Kier alpha value is -2.74. The highest BCUT2D eigenvalue weighted by atomic mass is 32.1. The fraction of sp³-hybridized carbons (Fsp3) is 0.143. The van der Waals surface area contributed by atoms with Gasteiger partial charge in [-0.15, -0.1) is 11.3 Å². The molecule has 4 N–H and O–H groups in total. The number of nitrogens with two attached hydrogens (primary N) is 1. The van der Waals surface area contributed by atoms with Crippen molar-refractivity contribution in [1.29, 1.82) is 0 Å². The number of nitrogen functional groups attached to an aromatic ring is 1. The molecule has 0 aliphatic heterocycles. The minimum absolute atomic E-state index is 0.233. The number of rotatable bonds is 3. The molecule has 0 spiro atoms. The number of thiophene rings is 1. The summed E-state index contributed by atoms with van der Waals surface area (Å²) in [5, 5.41) is 6.19. The van der Waals surface area contributed by atoms with Gasteiger partial charge in [0.1, 0.15) is 9.71 Å². The molecule has 8 heteroatoms. The van der Waals surface area contributed by atoms with Crippen LogP contribution in [0.15, 0.2) is 24.5 Å². The summed E-state index contributed by atoms with van der Waals surface area (Å²) in [7, 11) is 3.31. The Morgan fingerprint density at radius 3 is 2.77 bits per heavy atom. The van der Waals surface area contributed by atoms with Gasteiger partial charge in [0.2, 0.25) is 5.95 Å². The van der Waals surface area contributed by atoms with Gasteiger partial charge in [-0.2, -0.15) is 0 Å². The van der Waals surface area contributed by atoms with Crippen molar-refractivity contribution in [2.45, 2.75) is 0 Å². The Bertz CT molecular complexity index is 845. The first-order valence-electron chi connectivity index (χ1n) is 6.56. The van der Waals surface area contributed by atoms with Gasteiger partial charge in [-0.05, 0) is 12.1 Å². The fourth-order valence-corrected chi connectivity index (χ4v) is 3.17. The van der Waals surface area contributed by atoms with Crippen LogP contribution in [0.2, 0.25) is 0 Å². The molecule has 0 fully saturated rings. The van der Waals surface area contributed by atoms with E-state index in [2.05, 4.69) is 25.6 Å². The molecule has 0 aromatic carbocycles. The van der Waals surface area contributed by atoms with E-state index in [1.54, 1.807) is 26.5 Å². The van der Waals surface area contributed by atoms with E-state index >= 15 is 0 Å². The van der Waals surface area contributed by atoms with Crippen LogP contribution in [0.5, 0.6) is 0 Å². The second-order valence-corrected chi connectivity index (χ2v) is 5.49. The van der Waals surface area contributed by atoms with Crippen LogP contribution in [-0.2, 0) is 0 Å². The zero-order chi connectivity index (χ0) is 15.7. The molecule has 1 amide bonds. The second-order valence-electron chi connectivity index (χ2n) is 4.49. The van der Waals surface area contributed by atoms with E-state index in [1.807, 2.05) is 12.1 Å². The Balaban J connectivity index is 2.35. The molecule has 0 bridgehead atoms. The van der Waals surface area contributed by atoms with Crippen molar-refractivity contribution in [3.63, 3.8) is 0 Å². The normalized spacial score (nSPS) is 10.6. The quantitative estimate of drug-likeness (QED) is 0.680. The lowest BCUT2D eigenvalue weighted by Gasteiger charge is -2.06. The van der Waals surface area contributed by atoms with Crippen LogP contribution in [0, 0.1) is 0 Å². The van der Waals surface area contributed by atoms with E-state index in [1.165, 1.54) is 11.3 Å². The third-order valence-electron chi connectivity index (χ3n) is 3.18. The number of nitrogens with zero attached hydrogens (tertiary/aromatic N) is 3. The molecule has 0 radical (unpaired) electrons. The summed E-state index contributed by atoms with van der Waals surface area (Å²) in [6, 6.07) is 3.72. The Morgan fingerprint density at radius 2 is 2.14 bits per heavy atom. The third-order valence-corrected chi connectivity index (χ3v) is 4.28. The van der Waals surface area contributed by atoms with Crippen molar-refractivity contribution in [3.05, 3.63) is 29.4 Å². The molecular formula is C14H14N6OS. The van der Waals surface area contributed by atoms with Crippen LogP contribution >= 0.6 is 11.3 Å². The highest BCUT2D eigenvalue weighted by molar-refractivity contribution is 7.21. The van der Waals surface area contributed by atoms with Gasteiger partial charge in [0.25, 0.3) is 5.91 Å². The number of anilines is 2. The number of carbonyl (C=O) groups is 1. The highest BCUT2D eigenvalue weighted by Gasteiger charge is 2.21. The van der Waals surface area contributed by atoms with Crippen molar-refractivity contribution < 1.29 is 4.79 Å². The number of nitrogens with one attached hydrogen (secondary N) is 2. The van der Waals surface area contributed by atoms with Crippen LogP contribution in [0.3, 0.4) is 0 Å². The molecule has 0 aliphatic carbocycles. The third kappa shape index (κ3) is 2.23. The molecular weight excluding hydrogens is 300 g/mol. The van der Waals surface area contributed by atoms with E-state index in [0.29, 0.717) is 32.4 Å². The first-order chi connectivity index (χ1) is 10.7. The molecule has 0 saturated heterocycles. The predicted octanol–water partition coefficient (Wildman–Crippen LogP) is 1.74. The van der Waals surface area contributed by atoms with Gasteiger partial charge >= 0.3 is 0 Å². The van der Waals surface area contributed by atoms with Gasteiger partial charge in [-0.3, -0.25) is 9.78 Å². The van der Waals surface area contributed by atoms with E-state index in [0.717, 1.165) is 5.56 Å². The average molecular weight is 314 g/mol. The second kappa shape index (κ2) is 5.57. The first-order valence-corrected chi connectivity index (χ1v) is 7.37. The van der Waals surface area contributed by atoms with Gasteiger partial charge in [0.15, 0.2) is 0 Å². The van der Waals surface area contributed by atoms with Gasteiger partial charge in [0.05, 0.1) is 16.8 Å². The van der Waals surface area contributed by atoms with Crippen LogP contribution in [0.25, 0.3) is 21.5 Å². The smallest absolute Gasteiger partial charge is 0.263 e. The molecule has 3 heterocycles. The lowest BCUT2D eigenvalue weighted by molar-refractivity contribution is 0.0968. The zero-order valence-corrected chi connectivity index (χ0v) is 12.9. The predicted molar refractivity (Wildman–Crippen MR) is 88.0 cm³/mol. The van der Waals surface area contributed by atoms with Gasteiger partial charge < -0.3 is 16.4 Å². The summed E-state index contributed by atoms with van der Waals surface area (Å²) in [5.74, 6) is 0.236. The Morgan fingerprint density at radius 1 is 1.32 bits per heavy atom. The van der Waals surface area contributed by atoms with Gasteiger partial charge in [-0.25, -0.2) is 9.97 Å². The number of aromatic nitrogens is 3. The number of fused-ring (bicyclic) bond motifs is 1. The van der Waals surface area contributed by atoms with Crippen LogP contribution in [0.1, 0.15) is 9.67 Å². The molecule has 3 aromatic rings. The standard InChI is InChI=1S/C14H14N6OS/c1-16-12(21)11-9(15)8-10(7-4-3-5-18-6-7)19-14(17-2)20-13(8)22-11/h3-6H,15H2,1-2H3,(H,16,21)(H,17,19,20). The number of hydrogen-bond donors (Lipinski definition) is 3. The highest BCUT2D eigenvalue weighted by Crippen LogP contribution is 2.38.